The Bertz CT molecular complexity index is 518. The third kappa shape index (κ3) is 2.40. The molecule has 17 heavy (non-hydrogen) atoms. The van der Waals surface area contributed by atoms with E-state index >= 15 is 0 Å². The zero-order valence-corrected chi connectivity index (χ0v) is 11.6. The molecule has 3 nitrogen and oxygen atoms in total. The first-order valence-electron chi connectivity index (χ1n) is 5.04. The summed E-state index contributed by atoms with van der Waals surface area (Å²) in [5.41, 5.74) is 1.86. The number of nitrogens with zero attached hydrogens (tertiary/aromatic N) is 1. The highest BCUT2D eigenvalue weighted by Crippen LogP contribution is 2.37. The van der Waals surface area contributed by atoms with Gasteiger partial charge in [-0.1, -0.05) is 0 Å². The molecule has 0 amide bonds. The van der Waals surface area contributed by atoms with E-state index in [1.54, 1.807) is 14.2 Å². The zero-order chi connectivity index (χ0) is 12.4. The van der Waals surface area contributed by atoms with E-state index in [4.69, 9.17) is 9.47 Å². The molecule has 1 heterocycles. The average Bonchev–Trinajstić information content (AvgIpc) is 2.68. The smallest absolute Gasteiger partial charge is 0.129 e. The van der Waals surface area contributed by atoms with Gasteiger partial charge in [-0.2, -0.15) is 0 Å². The highest BCUT2D eigenvalue weighted by atomic mass is 32.2. The van der Waals surface area contributed by atoms with E-state index in [0.717, 1.165) is 32.0 Å². The van der Waals surface area contributed by atoms with Crippen molar-refractivity contribution < 1.29 is 9.47 Å². The number of aryl methyl sites for hydroxylation is 1. The van der Waals surface area contributed by atoms with E-state index in [0.29, 0.717) is 0 Å². The van der Waals surface area contributed by atoms with Gasteiger partial charge in [0.1, 0.15) is 16.5 Å². The Morgan fingerprint density at radius 3 is 2.53 bits per heavy atom. The molecule has 0 saturated carbocycles. The molecule has 5 heteroatoms. The summed E-state index contributed by atoms with van der Waals surface area (Å²) in [5.74, 6) is 1.57. The maximum Gasteiger partial charge on any atom is 0.129 e. The molecule has 0 aliphatic rings. The largest absolute Gasteiger partial charge is 0.497 e. The minimum atomic E-state index is 0.785. The second-order valence-electron chi connectivity index (χ2n) is 3.48. The Morgan fingerprint density at radius 1 is 1.24 bits per heavy atom. The molecule has 0 unspecified atom stereocenters. The van der Waals surface area contributed by atoms with Crippen LogP contribution < -0.4 is 9.47 Å². The lowest BCUT2D eigenvalue weighted by Gasteiger charge is -2.07. The van der Waals surface area contributed by atoms with Crippen molar-refractivity contribution in [1.82, 2.24) is 4.98 Å². The average molecular weight is 267 g/mol. The molecule has 90 valence electrons. The lowest BCUT2D eigenvalue weighted by atomic mass is 10.2. The van der Waals surface area contributed by atoms with Crippen LogP contribution in [-0.4, -0.2) is 19.2 Å². The first kappa shape index (κ1) is 12.3. The number of hydrogen-bond donors (Lipinski definition) is 1. The fourth-order valence-electron chi connectivity index (χ4n) is 1.48. The van der Waals surface area contributed by atoms with Gasteiger partial charge in [-0.15, -0.1) is 24.0 Å². The topological polar surface area (TPSA) is 31.4 Å². The number of ether oxygens (including phenoxy) is 2. The fraction of sp³-hybridized carbons (Fsp3) is 0.250. The van der Waals surface area contributed by atoms with Crippen LogP contribution in [0.1, 0.15) is 5.69 Å². The molecule has 0 fully saturated rings. The van der Waals surface area contributed by atoms with Crippen molar-refractivity contribution >= 4 is 24.0 Å². The molecule has 1 aromatic heterocycles. The molecule has 2 aromatic rings. The molecule has 1 aromatic carbocycles. The molecule has 0 radical (unpaired) electrons. The van der Waals surface area contributed by atoms with Crippen LogP contribution in [0.15, 0.2) is 22.4 Å². The van der Waals surface area contributed by atoms with Gasteiger partial charge in [0.15, 0.2) is 0 Å². The van der Waals surface area contributed by atoms with E-state index in [-0.39, 0.29) is 0 Å². The molecule has 0 spiro atoms. The highest BCUT2D eigenvalue weighted by molar-refractivity contribution is 7.83. The van der Waals surface area contributed by atoms with Gasteiger partial charge in [0.2, 0.25) is 0 Å². The molecule has 2 rings (SSSR count). The van der Waals surface area contributed by atoms with Crippen molar-refractivity contribution in [3.63, 3.8) is 0 Å². The lowest BCUT2D eigenvalue weighted by molar-refractivity contribution is 0.404. The fourth-order valence-corrected chi connectivity index (χ4v) is 2.62. The van der Waals surface area contributed by atoms with Gasteiger partial charge in [-0.3, -0.25) is 0 Å². The van der Waals surface area contributed by atoms with E-state index in [1.807, 2.05) is 25.1 Å². The summed E-state index contributed by atoms with van der Waals surface area (Å²) in [7, 11) is 3.29. The van der Waals surface area contributed by atoms with E-state index in [9.17, 15) is 0 Å². The first-order valence-corrected chi connectivity index (χ1v) is 6.31. The van der Waals surface area contributed by atoms with Gasteiger partial charge in [-0.05, 0) is 25.1 Å². The van der Waals surface area contributed by atoms with Crippen LogP contribution in [0.4, 0.5) is 0 Å². The second kappa shape index (κ2) is 4.98. The van der Waals surface area contributed by atoms with Crippen LogP contribution in [0.2, 0.25) is 0 Å². The molecule has 0 bridgehead atoms. The van der Waals surface area contributed by atoms with Crippen LogP contribution in [0.5, 0.6) is 11.5 Å². The van der Waals surface area contributed by atoms with Crippen LogP contribution in [0, 0.1) is 6.92 Å². The van der Waals surface area contributed by atoms with Crippen molar-refractivity contribution in [3.8, 4) is 22.1 Å². The minimum Gasteiger partial charge on any atom is -0.497 e. The number of hydrogen-bond acceptors (Lipinski definition) is 5. The summed E-state index contributed by atoms with van der Waals surface area (Å²) >= 11 is 5.90. The summed E-state index contributed by atoms with van der Waals surface area (Å²) in [6.07, 6.45) is 0. The Hall–Kier alpha value is -1.20. The Balaban J connectivity index is 2.55. The van der Waals surface area contributed by atoms with Gasteiger partial charge in [-0.25, -0.2) is 4.98 Å². The molecule has 0 aliphatic carbocycles. The van der Waals surface area contributed by atoms with Gasteiger partial charge in [0, 0.05) is 0 Å². The predicted molar refractivity (Wildman–Crippen MR) is 72.6 cm³/mol. The van der Waals surface area contributed by atoms with Crippen molar-refractivity contribution in [2.45, 2.75) is 11.1 Å². The van der Waals surface area contributed by atoms with Crippen molar-refractivity contribution in [2.75, 3.05) is 14.2 Å². The lowest BCUT2D eigenvalue weighted by Crippen LogP contribution is -1.90. The molecule has 0 N–H and O–H groups in total. The highest BCUT2D eigenvalue weighted by Gasteiger charge is 2.12. The van der Waals surface area contributed by atoms with Crippen LogP contribution in [-0.2, 0) is 0 Å². The minimum absolute atomic E-state index is 0.785. The Labute approximate surface area is 110 Å². The number of thiazole rings is 1. The molecule has 0 saturated heterocycles. The van der Waals surface area contributed by atoms with Crippen LogP contribution in [0.3, 0.4) is 0 Å². The molecule has 0 aliphatic heterocycles. The summed E-state index contributed by atoms with van der Waals surface area (Å²) < 4.78 is 11.5. The summed E-state index contributed by atoms with van der Waals surface area (Å²) in [6.45, 7) is 1.94. The summed E-state index contributed by atoms with van der Waals surface area (Å²) in [6, 6.07) is 5.66. The maximum absolute atomic E-state index is 5.33. The number of aromatic nitrogens is 1. The van der Waals surface area contributed by atoms with Gasteiger partial charge in [0.05, 0.1) is 29.7 Å². The number of thiol groups is 1. The number of rotatable bonds is 3. The SMILES string of the molecule is COc1ccc(OC)c(-c2nc(C)c(S)s2)c1. The maximum atomic E-state index is 5.33. The van der Waals surface area contributed by atoms with E-state index in [2.05, 4.69) is 17.6 Å². The summed E-state index contributed by atoms with van der Waals surface area (Å²) in [5, 5.41) is 0.892. The van der Waals surface area contributed by atoms with Gasteiger partial charge < -0.3 is 9.47 Å². The summed E-state index contributed by atoms with van der Waals surface area (Å²) in [4.78, 5) is 4.47. The first-order chi connectivity index (χ1) is 8.15. The normalized spacial score (nSPS) is 10.4. The number of benzene rings is 1. The van der Waals surface area contributed by atoms with E-state index < -0.39 is 0 Å². The predicted octanol–water partition coefficient (Wildman–Crippen LogP) is 3.42. The second-order valence-corrected chi connectivity index (χ2v) is 5.22. The van der Waals surface area contributed by atoms with E-state index in [1.165, 1.54) is 11.3 Å². The quantitative estimate of drug-likeness (QED) is 0.865. The van der Waals surface area contributed by atoms with Gasteiger partial charge in [0.25, 0.3) is 0 Å². The third-order valence-electron chi connectivity index (χ3n) is 2.41. The van der Waals surface area contributed by atoms with Crippen molar-refractivity contribution in [1.29, 1.82) is 0 Å². The zero-order valence-electron chi connectivity index (χ0n) is 9.85. The van der Waals surface area contributed by atoms with Crippen LogP contribution >= 0.6 is 24.0 Å². The Kier molecular flexibility index (Phi) is 3.59. The molecule has 0 atom stereocenters. The number of methoxy groups -OCH3 is 2. The molecular weight excluding hydrogens is 254 g/mol. The van der Waals surface area contributed by atoms with Crippen LogP contribution in [0.25, 0.3) is 10.6 Å². The van der Waals surface area contributed by atoms with Crippen molar-refractivity contribution in [2.24, 2.45) is 0 Å². The van der Waals surface area contributed by atoms with Gasteiger partial charge >= 0.3 is 0 Å². The standard InChI is InChI=1S/C12H13NO2S2/c1-7-12(16)17-11(13-7)9-6-8(14-2)4-5-10(9)15-3/h4-6,16H,1-3H3. The third-order valence-corrected chi connectivity index (χ3v) is 4.00. The van der Waals surface area contributed by atoms with Crippen molar-refractivity contribution in [3.05, 3.63) is 23.9 Å². The molecular formula is C12H13NO2S2. The monoisotopic (exact) mass is 267 g/mol. The Morgan fingerprint density at radius 2 is 2.00 bits per heavy atom.